The van der Waals surface area contributed by atoms with Crippen molar-refractivity contribution in [3.05, 3.63) is 89.7 Å². The molecule has 4 rings (SSSR count). The molecule has 7 nitrogen and oxygen atoms in total. The van der Waals surface area contributed by atoms with Crippen LogP contribution in [0, 0.1) is 0 Å². The van der Waals surface area contributed by atoms with E-state index >= 15 is 0 Å². The zero-order chi connectivity index (χ0) is 22.3. The van der Waals surface area contributed by atoms with Gasteiger partial charge in [-0.05, 0) is 37.3 Å². The Balaban J connectivity index is 1.53. The van der Waals surface area contributed by atoms with Gasteiger partial charge in [0.1, 0.15) is 0 Å². The maximum Gasteiger partial charge on any atom is 0.250 e. The van der Waals surface area contributed by atoms with Gasteiger partial charge in [0.2, 0.25) is 0 Å². The molecule has 0 saturated heterocycles. The van der Waals surface area contributed by atoms with E-state index in [1.165, 1.54) is 11.8 Å². The molecule has 160 valence electrons. The van der Waals surface area contributed by atoms with Crippen LogP contribution < -0.4 is 5.43 Å². The first kappa shape index (κ1) is 21.7. The largest absolute Gasteiger partial charge is 0.272 e. The molecule has 4 aromatic rings. The summed E-state index contributed by atoms with van der Waals surface area (Å²) in [6, 6.07) is 20.9. The molecule has 0 saturated carbocycles. The summed E-state index contributed by atoms with van der Waals surface area (Å²) in [4.78, 5) is 16.4. The van der Waals surface area contributed by atoms with Crippen LogP contribution in [0.1, 0.15) is 12.5 Å². The van der Waals surface area contributed by atoms with Crippen LogP contribution in [0.15, 0.2) is 89.4 Å². The van der Waals surface area contributed by atoms with Crippen LogP contribution in [0.2, 0.25) is 5.02 Å². The van der Waals surface area contributed by atoms with Gasteiger partial charge in [0, 0.05) is 34.2 Å². The van der Waals surface area contributed by atoms with E-state index in [1.807, 2.05) is 78.2 Å². The van der Waals surface area contributed by atoms with Crippen LogP contribution in [0.3, 0.4) is 0 Å². The van der Waals surface area contributed by atoms with E-state index in [4.69, 9.17) is 11.6 Å². The highest BCUT2D eigenvalue weighted by Crippen LogP contribution is 2.28. The number of nitrogens with zero attached hydrogens (tertiary/aromatic N) is 5. The summed E-state index contributed by atoms with van der Waals surface area (Å²) in [7, 11) is 0. The molecule has 0 spiro atoms. The maximum absolute atomic E-state index is 12.4. The monoisotopic (exact) mass is 462 g/mol. The minimum absolute atomic E-state index is 0.129. The number of aromatic nitrogens is 4. The first-order valence-corrected chi connectivity index (χ1v) is 11.1. The van der Waals surface area contributed by atoms with Crippen LogP contribution in [0.4, 0.5) is 0 Å². The summed E-state index contributed by atoms with van der Waals surface area (Å²) >= 11 is 7.34. The van der Waals surface area contributed by atoms with Crippen LogP contribution >= 0.6 is 23.4 Å². The lowest BCUT2D eigenvalue weighted by atomic mass is 10.2. The Morgan fingerprint density at radius 2 is 1.84 bits per heavy atom. The van der Waals surface area contributed by atoms with E-state index in [2.05, 4.69) is 25.7 Å². The Morgan fingerprint density at radius 1 is 1.06 bits per heavy atom. The highest BCUT2D eigenvalue weighted by Gasteiger charge is 2.17. The summed E-state index contributed by atoms with van der Waals surface area (Å²) in [5.41, 5.74) is 5.87. The molecule has 0 atom stereocenters. The van der Waals surface area contributed by atoms with Crippen molar-refractivity contribution in [2.45, 2.75) is 12.1 Å². The molecule has 32 heavy (non-hydrogen) atoms. The lowest BCUT2D eigenvalue weighted by Crippen LogP contribution is -2.21. The number of hydrazone groups is 1. The highest BCUT2D eigenvalue weighted by molar-refractivity contribution is 7.99. The second kappa shape index (κ2) is 10.2. The van der Waals surface area contributed by atoms with Gasteiger partial charge in [0.05, 0.1) is 11.5 Å². The van der Waals surface area contributed by atoms with Crippen molar-refractivity contribution in [1.82, 2.24) is 25.2 Å². The first-order chi connectivity index (χ1) is 15.6. The predicted molar refractivity (Wildman–Crippen MR) is 127 cm³/mol. The number of nitrogens with one attached hydrogen (secondary N) is 1. The van der Waals surface area contributed by atoms with Crippen molar-refractivity contribution in [2.24, 2.45) is 5.10 Å². The number of pyridine rings is 1. The third-order valence-corrected chi connectivity index (χ3v) is 5.69. The van der Waals surface area contributed by atoms with E-state index in [-0.39, 0.29) is 11.7 Å². The SMILES string of the molecule is C/C(=N\NC(=O)CSc1nnc(-c2ccccc2)n1-c1ccc(Cl)cc1)c1cccnc1. The summed E-state index contributed by atoms with van der Waals surface area (Å²) in [5, 5.41) is 14.1. The predicted octanol–water partition coefficient (Wildman–Crippen LogP) is 4.62. The molecular weight excluding hydrogens is 444 g/mol. The Bertz CT molecular complexity index is 1230. The fraction of sp³-hybridized carbons (Fsp3) is 0.0870. The number of benzene rings is 2. The maximum atomic E-state index is 12.4. The normalized spacial score (nSPS) is 11.4. The van der Waals surface area contributed by atoms with Gasteiger partial charge in [-0.1, -0.05) is 59.8 Å². The smallest absolute Gasteiger partial charge is 0.250 e. The lowest BCUT2D eigenvalue weighted by molar-refractivity contribution is -0.118. The van der Waals surface area contributed by atoms with Crippen molar-refractivity contribution in [3.63, 3.8) is 0 Å². The molecule has 2 aromatic carbocycles. The van der Waals surface area contributed by atoms with Crippen molar-refractivity contribution < 1.29 is 4.79 Å². The topological polar surface area (TPSA) is 85.1 Å². The molecule has 0 aliphatic heterocycles. The number of amides is 1. The van der Waals surface area contributed by atoms with Crippen molar-refractivity contribution >= 4 is 35.0 Å². The van der Waals surface area contributed by atoms with Crippen LogP contribution in [0.5, 0.6) is 0 Å². The molecule has 1 amide bonds. The average Bonchev–Trinajstić information content (AvgIpc) is 3.27. The summed E-state index contributed by atoms with van der Waals surface area (Å²) in [5.74, 6) is 0.566. The zero-order valence-corrected chi connectivity index (χ0v) is 18.7. The number of carbonyl (C=O) groups is 1. The number of rotatable bonds is 7. The number of thioether (sulfide) groups is 1. The van der Waals surface area contributed by atoms with E-state index in [9.17, 15) is 4.79 Å². The van der Waals surface area contributed by atoms with Crippen LogP contribution in [0.25, 0.3) is 17.1 Å². The molecule has 0 unspecified atom stereocenters. The second-order valence-corrected chi connectivity index (χ2v) is 8.13. The number of carbonyl (C=O) groups excluding carboxylic acids is 1. The molecule has 2 heterocycles. The third kappa shape index (κ3) is 5.22. The van der Waals surface area contributed by atoms with Crippen LogP contribution in [-0.4, -0.2) is 37.1 Å². The summed E-state index contributed by atoms with van der Waals surface area (Å²) < 4.78 is 1.91. The first-order valence-electron chi connectivity index (χ1n) is 9.75. The Hall–Kier alpha value is -3.49. The second-order valence-electron chi connectivity index (χ2n) is 6.75. The van der Waals surface area contributed by atoms with Gasteiger partial charge in [0.25, 0.3) is 5.91 Å². The van der Waals surface area contributed by atoms with E-state index in [0.717, 1.165) is 16.8 Å². The van der Waals surface area contributed by atoms with Gasteiger partial charge in [0.15, 0.2) is 11.0 Å². The molecule has 9 heteroatoms. The van der Waals surface area contributed by atoms with Crippen molar-refractivity contribution in [1.29, 1.82) is 0 Å². The van der Waals surface area contributed by atoms with Crippen molar-refractivity contribution in [3.8, 4) is 17.1 Å². The third-order valence-electron chi connectivity index (χ3n) is 4.51. The van der Waals surface area contributed by atoms with Gasteiger partial charge in [-0.15, -0.1) is 10.2 Å². The van der Waals surface area contributed by atoms with Gasteiger partial charge in [-0.2, -0.15) is 5.10 Å². The minimum Gasteiger partial charge on any atom is -0.272 e. The van der Waals surface area contributed by atoms with Gasteiger partial charge >= 0.3 is 0 Å². The summed E-state index contributed by atoms with van der Waals surface area (Å²) in [6.07, 6.45) is 3.38. The minimum atomic E-state index is -0.245. The van der Waals surface area contributed by atoms with Gasteiger partial charge in [-0.25, -0.2) is 5.43 Å². The Morgan fingerprint density at radius 3 is 2.56 bits per heavy atom. The number of hydrogen-bond donors (Lipinski definition) is 1. The van der Waals surface area contributed by atoms with E-state index < -0.39 is 0 Å². The molecule has 1 N–H and O–H groups in total. The fourth-order valence-corrected chi connectivity index (χ4v) is 3.78. The number of halogens is 1. The molecule has 0 aliphatic carbocycles. The standard InChI is InChI=1S/C23H19ClN6OS/c1-16(18-8-5-13-25-14-18)26-27-21(31)15-32-23-29-28-22(17-6-3-2-4-7-17)30(23)20-11-9-19(24)10-12-20/h2-14H,15H2,1H3,(H,27,31)/b26-16+. The Labute approximate surface area is 194 Å². The van der Waals surface area contributed by atoms with E-state index in [1.54, 1.807) is 12.4 Å². The molecular formula is C23H19ClN6OS. The molecule has 2 aromatic heterocycles. The zero-order valence-electron chi connectivity index (χ0n) is 17.1. The number of hydrogen-bond acceptors (Lipinski definition) is 6. The molecule has 0 radical (unpaired) electrons. The molecule has 0 fully saturated rings. The lowest BCUT2D eigenvalue weighted by Gasteiger charge is -2.10. The highest BCUT2D eigenvalue weighted by atomic mass is 35.5. The molecule has 0 bridgehead atoms. The van der Waals surface area contributed by atoms with Crippen LogP contribution in [-0.2, 0) is 4.79 Å². The quantitative estimate of drug-likeness (QED) is 0.246. The fourth-order valence-electron chi connectivity index (χ4n) is 2.91. The summed E-state index contributed by atoms with van der Waals surface area (Å²) in [6.45, 7) is 1.81. The van der Waals surface area contributed by atoms with Gasteiger partial charge < -0.3 is 0 Å². The van der Waals surface area contributed by atoms with E-state index in [0.29, 0.717) is 21.7 Å². The van der Waals surface area contributed by atoms with Crippen molar-refractivity contribution in [2.75, 3.05) is 5.75 Å². The van der Waals surface area contributed by atoms with Gasteiger partial charge in [-0.3, -0.25) is 14.3 Å². The molecule has 0 aliphatic rings. The Kier molecular flexibility index (Phi) is 6.94. The average molecular weight is 463 g/mol.